The minimum absolute atomic E-state index is 0.0883. The zero-order valence-electron chi connectivity index (χ0n) is 20.2. The molecule has 0 spiro atoms. The fourth-order valence-electron chi connectivity index (χ4n) is 4.36. The number of ether oxygens (including phenoxy) is 1. The van der Waals surface area contributed by atoms with Crippen LogP contribution in [0.2, 0.25) is 0 Å². The van der Waals surface area contributed by atoms with Gasteiger partial charge in [0.1, 0.15) is 12.6 Å². The second-order valence-corrected chi connectivity index (χ2v) is 9.06. The van der Waals surface area contributed by atoms with Crippen molar-refractivity contribution in [1.29, 1.82) is 0 Å². The Kier molecular flexibility index (Phi) is 10.8. The first-order valence-electron chi connectivity index (χ1n) is 12.5. The Bertz CT molecular complexity index is 935. The van der Waals surface area contributed by atoms with E-state index in [1.54, 1.807) is 4.90 Å². The summed E-state index contributed by atoms with van der Waals surface area (Å²) in [6.45, 7) is 0.892. The topological polar surface area (TPSA) is 95.9 Å². The molecule has 188 valence electrons. The van der Waals surface area contributed by atoms with E-state index in [0.29, 0.717) is 25.8 Å². The van der Waals surface area contributed by atoms with Crippen LogP contribution in [0.25, 0.3) is 0 Å². The lowest BCUT2D eigenvalue weighted by molar-refractivity contribution is -0.148. The standard InChI is InChI=1S/C28H36N2O5/c31-26(32)18-20-30-19-10-2-1-9-15-24(27(30)33)29-25(17-16-22-11-5-3-6-12-22)28(34)35-21-23-13-7-4-8-14-23/h3-8,11-14,24-25,29H,1-2,9-10,15-21H2,(H,31,32). The molecule has 0 aliphatic carbocycles. The van der Waals surface area contributed by atoms with Crippen LogP contribution in [-0.2, 0) is 32.1 Å². The molecule has 0 saturated carbocycles. The first-order chi connectivity index (χ1) is 17.0. The van der Waals surface area contributed by atoms with Crippen molar-refractivity contribution in [3.05, 3.63) is 71.8 Å². The number of carboxylic acid groups (broad SMARTS) is 1. The molecular weight excluding hydrogens is 444 g/mol. The SMILES string of the molecule is O=C(O)CCN1CCCCCCC(NC(CCc2ccccc2)C(=O)OCc2ccccc2)C1=O. The first-order valence-corrected chi connectivity index (χ1v) is 12.5. The molecule has 1 aliphatic heterocycles. The Balaban J connectivity index is 1.72. The van der Waals surface area contributed by atoms with Crippen molar-refractivity contribution in [3.8, 4) is 0 Å². The number of esters is 1. The first kappa shape index (κ1) is 26.4. The number of carbonyl (C=O) groups is 3. The number of carbonyl (C=O) groups excluding carboxylic acids is 2. The minimum Gasteiger partial charge on any atom is -0.481 e. The maximum absolute atomic E-state index is 13.4. The quantitative estimate of drug-likeness (QED) is 0.473. The largest absolute Gasteiger partial charge is 0.481 e. The van der Waals surface area contributed by atoms with Gasteiger partial charge in [-0.05, 0) is 36.8 Å². The lowest BCUT2D eigenvalue weighted by Crippen LogP contribution is -2.52. The fraction of sp³-hybridized carbons (Fsp3) is 0.464. The summed E-state index contributed by atoms with van der Waals surface area (Å²) < 4.78 is 5.64. The smallest absolute Gasteiger partial charge is 0.323 e. The van der Waals surface area contributed by atoms with Gasteiger partial charge >= 0.3 is 11.9 Å². The summed E-state index contributed by atoms with van der Waals surface area (Å²) in [4.78, 5) is 39.3. The Morgan fingerprint density at radius 1 is 0.971 bits per heavy atom. The predicted octanol–water partition coefficient (Wildman–Crippen LogP) is 3.96. The summed E-state index contributed by atoms with van der Waals surface area (Å²) in [6.07, 6.45) is 5.42. The van der Waals surface area contributed by atoms with Crippen LogP contribution in [0.1, 0.15) is 56.1 Å². The van der Waals surface area contributed by atoms with Crippen molar-refractivity contribution in [3.63, 3.8) is 0 Å². The fourth-order valence-corrected chi connectivity index (χ4v) is 4.36. The van der Waals surface area contributed by atoms with E-state index >= 15 is 0 Å². The summed E-state index contributed by atoms with van der Waals surface area (Å²) >= 11 is 0. The van der Waals surface area contributed by atoms with Crippen LogP contribution in [0, 0.1) is 0 Å². The van der Waals surface area contributed by atoms with Crippen LogP contribution >= 0.6 is 0 Å². The number of nitrogens with zero attached hydrogens (tertiary/aromatic N) is 1. The number of carboxylic acids is 1. The van der Waals surface area contributed by atoms with Gasteiger partial charge < -0.3 is 14.7 Å². The average Bonchev–Trinajstić information content (AvgIpc) is 2.96. The van der Waals surface area contributed by atoms with Crippen molar-refractivity contribution < 1.29 is 24.2 Å². The lowest BCUT2D eigenvalue weighted by atomic mass is 10.0. The molecule has 2 unspecified atom stereocenters. The van der Waals surface area contributed by atoms with Gasteiger partial charge in [0, 0.05) is 13.1 Å². The van der Waals surface area contributed by atoms with Gasteiger partial charge in [0.2, 0.25) is 5.91 Å². The molecular formula is C28H36N2O5. The van der Waals surface area contributed by atoms with Crippen molar-refractivity contribution in [2.75, 3.05) is 13.1 Å². The minimum atomic E-state index is -0.924. The zero-order valence-corrected chi connectivity index (χ0v) is 20.2. The van der Waals surface area contributed by atoms with E-state index in [0.717, 1.165) is 36.8 Å². The van der Waals surface area contributed by atoms with Gasteiger partial charge in [0.15, 0.2) is 0 Å². The van der Waals surface area contributed by atoms with Crippen molar-refractivity contribution in [2.45, 2.75) is 70.1 Å². The Morgan fingerprint density at radius 2 is 1.63 bits per heavy atom. The number of aryl methyl sites for hydroxylation is 1. The van der Waals surface area contributed by atoms with E-state index in [1.807, 2.05) is 60.7 Å². The Labute approximate surface area is 207 Å². The second kappa shape index (κ2) is 14.3. The molecule has 2 aromatic rings. The van der Waals surface area contributed by atoms with Gasteiger partial charge in [-0.25, -0.2) is 0 Å². The number of hydrogen-bond acceptors (Lipinski definition) is 5. The highest BCUT2D eigenvalue weighted by molar-refractivity contribution is 5.84. The van der Waals surface area contributed by atoms with Gasteiger partial charge in [0.25, 0.3) is 0 Å². The molecule has 1 aliphatic rings. The maximum Gasteiger partial charge on any atom is 0.323 e. The summed E-state index contributed by atoms with van der Waals surface area (Å²) in [6, 6.07) is 18.2. The van der Waals surface area contributed by atoms with Crippen LogP contribution in [0.4, 0.5) is 0 Å². The molecule has 3 rings (SSSR count). The van der Waals surface area contributed by atoms with Gasteiger partial charge in [-0.3, -0.25) is 19.7 Å². The molecule has 0 bridgehead atoms. The molecule has 35 heavy (non-hydrogen) atoms. The lowest BCUT2D eigenvalue weighted by Gasteiger charge is -2.29. The highest BCUT2D eigenvalue weighted by atomic mass is 16.5. The predicted molar refractivity (Wildman–Crippen MR) is 134 cm³/mol. The van der Waals surface area contributed by atoms with Gasteiger partial charge in [-0.1, -0.05) is 79.9 Å². The molecule has 2 atom stereocenters. The summed E-state index contributed by atoms with van der Waals surface area (Å²) in [5.41, 5.74) is 2.01. The van der Waals surface area contributed by atoms with Crippen LogP contribution in [0.3, 0.4) is 0 Å². The number of hydrogen-bond donors (Lipinski definition) is 2. The summed E-state index contributed by atoms with van der Waals surface area (Å²) in [7, 11) is 0. The maximum atomic E-state index is 13.4. The van der Waals surface area contributed by atoms with E-state index in [1.165, 1.54) is 0 Å². The third kappa shape index (κ3) is 9.17. The Morgan fingerprint density at radius 3 is 2.31 bits per heavy atom. The normalized spacial score (nSPS) is 17.7. The van der Waals surface area contributed by atoms with E-state index in [4.69, 9.17) is 9.84 Å². The van der Waals surface area contributed by atoms with Crippen molar-refractivity contribution in [2.24, 2.45) is 0 Å². The van der Waals surface area contributed by atoms with Crippen molar-refractivity contribution in [1.82, 2.24) is 10.2 Å². The molecule has 0 radical (unpaired) electrons. The Hall–Kier alpha value is -3.19. The van der Waals surface area contributed by atoms with E-state index in [9.17, 15) is 14.4 Å². The molecule has 1 fully saturated rings. The van der Waals surface area contributed by atoms with Crippen LogP contribution < -0.4 is 5.32 Å². The van der Waals surface area contributed by atoms with Gasteiger partial charge in [-0.2, -0.15) is 0 Å². The number of aliphatic carboxylic acids is 1. The number of benzene rings is 2. The monoisotopic (exact) mass is 480 g/mol. The zero-order chi connectivity index (χ0) is 24.9. The summed E-state index contributed by atoms with van der Waals surface area (Å²) in [5.74, 6) is -1.43. The number of nitrogens with one attached hydrogen (secondary N) is 1. The van der Waals surface area contributed by atoms with Crippen LogP contribution in [0.15, 0.2) is 60.7 Å². The van der Waals surface area contributed by atoms with E-state index < -0.39 is 18.1 Å². The third-order valence-electron chi connectivity index (χ3n) is 6.35. The number of amides is 1. The number of rotatable bonds is 11. The van der Waals surface area contributed by atoms with Gasteiger partial charge in [0.05, 0.1) is 12.5 Å². The molecule has 7 nitrogen and oxygen atoms in total. The molecule has 2 aromatic carbocycles. The average molecular weight is 481 g/mol. The molecule has 1 amide bonds. The highest BCUT2D eigenvalue weighted by Gasteiger charge is 2.30. The molecule has 1 heterocycles. The van der Waals surface area contributed by atoms with E-state index in [2.05, 4.69) is 5.32 Å². The second-order valence-electron chi connectivity index (χ2n) is 9.06. The highest BCUT2D eigenvalue weighted by Crippen LogP contribution is 2.16. The molecule has 1 saturated heterocycles. The van der Waals surface area contributed by atoms with Crippen LogP contribution in [-0.4, -0.2) is 53.0 Å². The molecule has 7 heteroatoms. The van der Waals surface area contributed by atoms with E-state index in [-0.39, 0.29) is 31.4 Å². The van der Waals surface area contributed by atoms with Gasteiger partial charge in [-0.15, -0.1) is 0 Å². The molecule has 0 aromatic heterocycles. The summed E-state index contributed by atoms with van der Waals surface area (Å²) in [5, 5.41) is 12.4. The van der Waals surface area contributed by atoms with Crippen LogP contribution in [0.5, 0.6) is 0 Å². The van der Waals surface area contributed by atoms with Crippen molar-refractivity contribution >= 4 is 17.8 Å². The third-order valence-corrected chi connectivity index (χ3v) is 6.35. The molecule has 2 N–H and O–H groups in total.